The number of rotatable bonds is 10. The number of amides is 1. The summed E-state index contributed by atoms with van der Waals surface area (Å²) in [6.07, 6.45) is 0.588. The number of carbonyl (C=O) groups excluding carboxylic acids is 1. The first kappa shape index (κ1) is 21.3. The Kier molecular flexibility index (Phi) is 7.47. The molecule has 150 valence electrons. The van der Waals surface area contributed by atoms with Crippen molar-refractivity contribution in [1.82, 2.24) is 5.32 Å². The Morgan fingerprint density at radius 2 is 1.79 bits per heavy atom. The highest BCUT2D eigenvalue weighted by Crippen LogP contribution is 2.25. The number of nitrogens with zero attached hydrogens (tertiary/aromatic N) is 2. The zero-order valence-corrected chi connectivity index (χ0v) is 16.1. The second-order valence-electron chi connectivity index (χ2n) is 5.79. The van der Waals surface area contributed by atoms with E-state index in [9.17, 15) is 23.3 Å². The number of nitro groups is 1. The van der Waals surface area contributed by atoms with Crippen molar-refractivity contribution in [2.24, 2.45) is 0 Å². The van der Waals surface area contributed by atoms with Crippen molar-refractivity contribution in [3.63, 3.8) is 0 Å². The predicted molar refractivity (Wildman–Crippen MR) is 104 cm³/mol. The van der Waals surface area contributed by atoms with E-state index in [0.717, 1.165) is 4.31 Å². The van der Waals surface area contributed by atoms with Crippen molar-refractivity contribution in [3.05, 3.63) is 64.7 Å². The maximum Gasteiger partial charge on any atom is 0.269 e. The molecule has 0 bridgehead atoms. The fourth-order valence-corrected chi connectivity index (χ4v) is 3.85. The molecule has 0 heterocycles. The molecule has 28 heavy (non-hydrogen) atoms. The number of sulfonamides is 1. The van der Waals surface area contributed by atoms with E-state index in [-0.39, 0.29) is 16.3 Å². The van der Waals surface area contributed by atoms with E-state index >= 15 is 0 Å². The van der Waals surface area contributed by atoms with Crippen molar-refractivity contribution in [2.45, 2.75) is 11.3 Å². The van der Waals surface area contributed by atoms with Crippen LogP contribution in [0.4, 0.5) is 11.4 Å². The van der Waals surface area contributed by atoms with Gasteiger partial charge in [-0.15, -0.1) is 0 Å². The Hall–Kier alpha value is -2.98. The number of carbonyl (C=O) groups is 1. The van der Waals surface area contributed by atoms with Crippen LogP contribution in [0.3, 0.4) is 0 Å². The van der Waals surface area contributed by atoms with E-state index in [0.29, 0.717) is 19.6 Å². The third kappa shape index (κ3) is 5.51. The van der Waals surface area contributed by atoms with Crippen LogP contribution >= 0.6 is 0 Å². The smallest absolute Gasteiger partial charge is 0.269 e. The Morgan fingerprint density at radius 1 is 1.14 bits per heavy atom. The molecular formula is C18H21N3O6S. The lowest BCUT2D eigenvalue weighted by atomic mass is 10.3. The normalized spacial score (nSPS) is 11.0. The molecule has 0 saturated carbocycles. The van der Waals surface area contributed by atoms with Crippen LogP contribution in [0.15, 0.2) is 59.5 Å². The first-order chi connectivity index (χ1) is 13.4. The van der Waals surface area contributed by atoms with Gasteiger partial charge in [-0.25, -0.2) is 8.42 Å². The van der Waals surface area contributed by atoms with Gasteiger partial charge in [0.05, 0.1) is 15.5 Å². The quantitative estimate of drug-likeness (QED) is 0.365. The van der Waals surface area contributed by atoms with Crippen molar-refractivity contribution in [1.29, 1.82) is 0 Å². The Bertz CT molecular complexity index is 901. The second-order valence-corrected chi connectivity index (χ2v) is 7.66. The topological polar surface area (TPSA) is 119 Å². The van der Waals surface area contributed by atoms with Crippen LogP contribution in [-0.4, -0.2) is 46.1 Å². The lowest BCUT2D eigenvalue weighted by Gasteiger charge is -2.24. The molecule has 0 aliphatic heterocycles. The molecule has 1 amide bonds. The van der Waals surface area contributed by atoms with E-state index in [4.69, 9.17) is 4.74 Å². The molecule has 0 radical (unpaired) electrons. The van der Waals surface area contributed by atoms with Crippen molar-refractivity contribution >= 4 is 27.3 Å². The molecule has 0 aliphatic rings. The number of methoxy groups -OCH3 is 1. The summed E-state index contributed by atoms with van der Waals surface area (Å²) in [7, 11) is -2.49. The molecule has 9 nitrogen and oxygen atoms in total. The number of anilines is 1. The van der Waals surface area contributed by atoms with Gasteiger partial charge in [0.25, 0.3) is 15.7 Å². The van der Waals surface area contributed by atoms with Gasteiger partial charge in [-0.1, -0.05) is 18.2 Å². The summed E-state index contributed by atoms with van der Waals surface area (Å²) >= 11 is 0. The van der Waals surface area contributed by atoms with Crippen LogP contribution in [-0.2, 0) is 19.6 Å². The largest absolute Gasteiger partial charge is 0.385 e. The van der Waals surface area contributed by atoms with E-state index in [1.165, 1.54) is 36.4 Å². The van der Waals surface area contributed by atoms with Gasteiger partial charge in [-0.05, 0) is 30.7 Å². The number of nitro benzene ring substituents is 1. The molecule has 0 aromatic heterocycles. The fraction of sp³-hybridized carbons (Fsp3) is 0.278. The van der Waals surface area contributed by atoms with Crippen molar-refractivity contribution in [2.75, 3.05) is 31.1 Å². The minimum atomic E-state index is -4.04. The monoisotopic (exact) mass is 407 g/mol. The molecule has 2 aromatic rings. The fourth-order valence-electron chi connectivity index (χ4n) is 2.41. The molecule has 1 N–H and O–H groups in total. The summed E-state index contributed by atoms with van der Waals surface area (Å²) in [4.78, 5) is 22.6. The van der Waals surface area contributed by atoms with Gasteiger partial charge in [0.2, 0.25) is 5.91 Å². The number of hydrogen-bond acceptors (Lipinski definition) is 6. The highest BCUT2D eigenvalue weighted by atomic mass is 32.2. The summed E-state index contributed by atoms with van der Waals surface area (Å²) in [6.45, 7) is 0.350. The Balaban J connectivity index is 2.30. The van der Waals surface area contributed by atoms with Crippen LogP contribution in [0.2, 0.25) is 0 Å². The van der Waals surface area contributed by atoms with Crippen LogP contribution in [0.1, 0.15) is 6.42 Å². The van der Waals surface area contributed by atoms with E-state index < -0.39 is 27.4 Å². The zero-order valence-electron chi connectivity index (χ0n) is 15.3. The molecular weight excluding hydrogens is 386 g/mol. The summed E-state index contributed by atoms with van der Waals surface area (Å²) in [5.41, 5.74) is -0.0219. The standard InChI is InChI=1S/C18H21N3O6S/c1-27-13-5-12-19-18(22)14-20(15-8-10-16(11-9-15)21(23)24)28(25,26)17-6-3-2-4-7-17/h2-4,6-11H,5,12-14H2,1H3,(H,19,22). The average molecular weight is 407 g/mol. The molecule has 0 fully saturated rings. The third-order valence-electron chi connectivity index (χ3n) is 3.81. The number of nitrogens with one attached hydrogen (secondary N) is 1. The highest BCUT2D eigenvalue weighted by molar-refractivity contribution is 7.92. The van der Waals surface area contributed by atoms with Gasteiger partial charge >= 0.3 is 0 Å². The lowest BCUT2D eigenvalue weighted by molar-refractivity contribution is -0.384. The molecule has 0 spiro atoms. The highest BCUT2D eigenvalue weighted by Gasteiger charge is 2.27. The van der Waals surface area contributed by atoms with Gasteiger partial charge < -0.3 is 10.1 Å². The summed E-state index contributed by atoms with van der Waals surface area (Å²) in [5.74, 6) is -0.492. The molecule has 0 aliphatic carbocycles. The Labute approximate surface area is 163 Å². The first-order valence-corrected chi connectivity index (χ1v) is 9.88. The van der Waals surface area contributed by atoms with Gasteiger partial charge in [0.15, 0.2) is 0 Å². The van der Waals surface area contributed by atoms with Crippen LogP contribution in [0.25, 0.3) is 0 Å². The second kappa shape index (κ2) is 9.81. The Morgan fingerprint density at radius 3 is 2.36 bits per heavy atom. The van der Waals surface area contributed by atoms with Crippen LogP contribution in [0.5, 0.6) is 0 Å². The number of benzene rings is 2. The van der Waals surface area contributed by atoms with Crippen molar-refractivity contribution < 1.29 is 22.9 Å². The van der Waals surface area contributed by atoms with E-state index in [1.807, 2.05) is 0 Å². The maximum absolute atomic E-state index is 13.1. The van der Waals surface area contributed by atoms with E-state index in [1.54, 1.807) is 25.3 Å². The summed E-state index contributed by atoms with van der Waals surface area (Å²) < 4.78 is 31.9. The van der Waals surface area contributed by atoms with Crippen LogP contribution < -0.4 is 9.62 Å². The van der Waals surface area contributed by atoms with Crippen molar-refractivity contribution in [3.8, 4) is 0 Å². The maximum atomic E-state index is 13.1. The molecule has 2 rings (SSSR count). The predicted octanol–water partition coefficient (Wildman–Crippen LogP) is 1.94. The number of ether oxygens (including phenoxy) is 1. The number of hydrogen-bond donors (Lipinski definition) is 1. The van der Waals surface area contributed by atoms with Gasteiger partial charge in [0.1, 0.15) is 6.54 Å². The zero-order chi connectivity index (χ0) is 20.6. The molecule has 0 saturated heterocycles. The molecule has 0 atom stereocenters. The average Bonchev–Trinajstić information content (AvgIpc) is 2.70. The molecule has 10 heteroatoms. The van der Waals surface area contributed by atoms with Crippen LogP contribution in [0, 0.1) is 10.1 Å². The minimum Gasteiger partial charge on any atom is -0.385 e. The summed E-state index contributed by atoms with van der Waals surface area (Å²) in [6, 6.07) is 12.7. The number of non-ortho nitro benzene ring substituents is 1. The van der Waals surface area contributed by atoms with Gasteiger partial charge in [0, 0.05) is 32.4 Å². The van der Waals surface area contributed by atoms with Gasteiger partial charge in [-0.2, -0.15) is 0 Å². The lowest BCUT2D eigenvalue weighted by Crippen LogP contribution is -2.41. The molecule has 0 unspecified atom stereocenters. The third-order valence-corrected chi connectivity index (χ3v) is 5.60. The van der Waals surface area contributed by atoms with E-state index in [2.05, 4.69) is 5.32 Å². The SMILES string of the molecule is COCCCNC(=O)CN(c1ccc([N+](=O)[O-])cc1)S(=O)(=O)c1ccccc1. The first-order valence-electron chi connectivity index (χ1n) is 8.44. The summed E-state index contributed by atoms with van der Waals surface area (Å²) in [5, 5.41) is 13.5. The molecule has 2 aromatic carbocycles. The van der Waals surface area contributed by atoms with Gasteiger partial charge in [-0.3, -0.25) is 19.2 Å². The minimum absolute atomic E-state index is 0.0144.